The van der Waals surface area contributed by atoms with Crippen LogP contribution < -0.4 is 0 Å². The average Bonchev–Trinajstić information content (AvgIpc) is 3.34. The molecule has 1 fully saturated rings. The van der Waals surface area contributed by atoms with Crippen molar-refractivity contribution in [2.45, 2.75) is 39.5 Å². The van der Waals surface area contributed by atoms with Crippen molar-refractivity contribution in [3.8, 4) is 11.5 Å². The molecule has 0 bridgehead atoms. The molecule has 0 unspecified atom stereocenters. The standard InChI is InChI=1S/C25H30F3N5O2/c1-5-6-7-8-19(4)33(24(34)32-15-13-31(14-16-32)18(2)3)17-20-9-11-21(12-10-20)22-29-30-23(35-22)25(26,27)28/h5-12,18H,4,13-17H2,1-3H3/b6-5-,8-7-. The summed E-state index contributed by atoms with van der Waals surface area (Å²) in [5.41, 5.74) is 1.67. The van der Waals surface area contributed by atoms with Gasteiger partial charge in [0.2, 0.25) is 5.89 Å². The summed E-state index contributed by atoms with van der Waals surface area (Å²) in [6.07, 6.45) is 2.61. The van der Waals surface area contributed by atoms with Gasteiger partial charge in [0.05, 0.1) is 6.54 Å². The van der Waals surface area contributed by atoms with E-state index in [0.29, 0.717) is 30.4 Å². The fourth-order valence-electron chi connectivity index (χ4n) is 3.65. The highest BCUT2D eigenvalue weighted by molar-refractivity contribution is 5.77. The van der Waals surface area contributed by atoms with Crippen LogP contribution in [0.3, 0.4) is 0 Å². The Bertz CT molecular complexity index is 1070. The molecule has 0 radical (unpaired) electrons. The number of halogens is 3. The largest absolute Gasteiger partial charge is 0.470 e. The van der Waals surface area contributed by atoms with Gasteiger partial charge in [-0.15, -0.1) is 10.2 Å². The molecular formula is C25H30F3N5O2. The smallest absolute Gasteiger partial charge is 0.413 e. The zero-order chi connectivity index (χ0) is 25.6. The van der Waals surface area contributed by atoms with Gasteiger partial charge in [-0.1, -0.05) is 36.9 Å². The van der Waals surface area contributed by atoms with E-state index in [9.17, 15) is 18.0 Å². The second-order valence-corrected chi connectivity index (χ2v) is 8.47. The number of carbonyl (C=O) groups excluding carboxylic acids is 1. The van der Waals surface area contributed by atoms with Crippen molar-refractivity contribution in [2.75, 3.05) is 26.2 Å². The number of allylic oxidation sites excluding steroid dienone is 4. The third kappa shape index (κ3) is 6.82. The highest BCUT2D eigenvalue weighted by Crippen LogP contribution is 2.30. The first kappa shape index (κ1) is 26.2. The van der Waals surface area contributed by atoms with Crippen molar-refractivity contribution in [3.63, 3.8) is 0 Å². The van der Waals surface area contributed by atoms with E-state index in [0.717, 1.165) is 18.7 Å². The minimum atomic E-state index is -4.70. The Balaban J connectivity index is 1.76. The summed E-state index contributed by atoms with van der Waals surface area (Å²) in [7, 11) is 0. The lowest BCUT2D eigenvalue weighted by Gasteiger charge is -2.39. The predicted octanol–water partition coefficient (Wildman–Crippen LogP) is 5.35. The van der Waals surface area contributed by atoms with E-state index in [2.05, 4.69) is 35.5 Å². The first-order valence-electron chi connectivity index (χ1n) is 11.4. The van der Waals surface area contributed by atoms with Crippen LogP contribution in [0.25, 0.3) is 11.5 Å². The Hall–Kier alpha value is -3.40. The summed E-state index contributed by atoms with van der Waals surface area (Å²) in [6, 6.07) is 6.89. The van der Waals surface area contributed by atoms with E-state index in [1.54, 1.807) is 35.2 Å². The molecular weight excluding hydrogens is 459 g/mol. The van der Waals surface area contributed by atoms with Crippen molar-refractivity contribution in [2.24, 2.45) is 0 Å². The molecule has 0 atom stereocenters. The first-order chi connectivity index (χ1) is 16.6. The third-order valence-electron chi connectivity index (χ3n) is 5.69. The highest BCUT2D eigenvalue weighted by Gasteiger charge is 2.38. The zero-order valence-electron chi connectivity index (χ0n) is 20.1. The summed E-state index contributed by atoms with van der Waals surface area (Å²) in [5.74, 6) is -1.62. The Morgan fingerprint density at radius 3 is 2.34 bits per heavy atom. The molecule has 0 N–H and O–H groups in total. The molecule has 1 aromatic carbocycles. The van der Waals surface area contributed by atoms with Gasteiger partial charge in [-0.3, -0.25) is 9.80 Å². The lowest BCUT2D eigenvalue weighted by molar-refractivity contribution is -0.156. The molecule has 3 rings (SSSR count). The van der Waals surface area contributed by atoms with Gasteiger partial charge in [-0.2, -0.15) is 13.2 Å². The number of nitrogens with zero attached hydrogens (tertiary/aromatic N) is 5. The van der Waals surface area contributed by atoms with Crippen LogP contribution in [0.4, 0.5) is 18.0 Å². The molecule has 0 aliphatic carbocycles. The lowest BCUT2D eigenvalue weighted by atomic mass is 10.1. The number of benzene rings is 1. The maximum absolute atomic E-state index is 13.4. The van der Waals surface area contributed by atoms with Gasteiger partial charge in [0, 0.05) is 43.5 Å². The van der Waals surface area contributed by atoms with Gasteiger partial charge >= 0.3 is 18.1 Å². The topological polar surface area (TPSA) is 65.7 Å². The second-order valence-electron chi connectivity index (χ2n) is 8.47. The molecule has 2 aromatic rings. The number of alkyl halides is 3. The number of hydrogen-bond acceptors (Lipinski definition) is 5. The SMILES string of the molecule is C=C(/C=C\C=C/C)N(Cc1ccc(-c2nnc(C(F)(F)F)o2)cc1)C(=O)N1CCN(C(C)C)CC1. The number of urea groups is 1. The van der Waals surface area contributed by atoms with Crippen LogP contribution in [0.1, 0.15) is 32.2 Å². The number of rotatable bonds is 7. The van der Waals surface area contributed by atoms with Crippen molar-refractivity contribution in [1.82, 2.24) is 24.9 Å². The van der Waals surface area contributed by atoms with Gasteiger partial charge < -0.3 is 9.32 Å². The molecule has 1 saturated heterocycles. The Morgan fingerprint density at radius 2 is 1.80 bits per heavy atom. The van der Waals surface area contributed by atoms with E-state index < -0.39 is 12.1 Å². The zero-order valence-corrected chi connectivity index (χ0v) is 20.1. The molecule has 2 heterocycles. The number of hydrogen-bond donors (Lipinski definition) is 0. The molecule has 10 heteroatoms. The Morgan fingerprint density at radius 1 is 1.14 bits per heavy atom. The van der Waals surface area contributed by atoms with E-state index in [-0.39, 0.29) is 18.5 Å². The van der Waals surface area contributed by atoms with Crippen LogP contribution in [-0.4, -0.2) is 63.1 Å². The molecule has 1 aliphatic rings. The number of piperazine rings is 1. The normalized spacial score (nSPS) is 15.5. The minimum absolute atomic E-state index is 0.140. The molecule has 1 aromatic heterocycles. The van der Waals surface area contributed by atoms with Crippen LogP contribution in [0, 0.1) is 0 Å². The molecule has 1 aliphatic heterocycles. The molecule has 2 amide bonds. The average molecular weight is 490 g/mol. The van der Waals surface area contributed by atoms with Crippen LogP contribution in [0.15, 0.2) is 65.3 Å². The van der Waals surface area contributed by atoms with Gasteiger partial charge in [-0.25, -0.2) is 4.79 Å². The van der Waals surface area contributed by atoms with Crippen LogP contribution in [0.2, 0.25) is 0 Å². The molecule has 35 heavy (non-hydrogen) atoms. The predicted molar refractivity (Wildman–Crippen MR) is 127 cm³/mol. The number of amides is 2. The van der Waals surface area contributed by atoms with Crippen molar-refractivity contribution >= 4 is 6.03 Å². The summed E-state index contributed by atoms with van der Waals surface area (Å²) >= 11 is 0. The monoisotopic (exact) mass is 489 g/mol. The van der Waals surface area contributed by atoms with Gasteiger partial charge in [0.15, 0.2) is 0 Å². The summed E-state index contributed by atoms with van der Waals surface area (Å²) in [6.45, 7) is 13.4. The maximum Gasteiger partial charge on any atom is 0.470 e. The number of aromatic nitrogens is 2. The van der Waals surface area contributed by atoms with Crippen molar-refractivity contribution < 1.29 is 22.4 Å². The molecule has 0 spiro atoms. The fourth-order valence-corrected chi connectivity index (χ4v) is 3.65. The van der Waals surface area contributed by atoms with Crippen LogP contribution in [0.5, 0.6) is 0 Å². The summed E-state index contributed by atoms with van der Waals surface area (Å²) in [4.78, 5) is 19.2. The van der Waals surface area contributed by atoms with Crippen molar-refractivity contribution in [3.05, 3.63) is 72.3 Å². The fraction of sp³-hybridized carbons (Fsp3) is 0.400. The van der Waals surface area contributed by atoms with E-state index >= 15 is 0 Å². The van der Waals surface area contributed by atoms with Gasteiger partial charge in [-0.05, 0) is 44.5 Å². The Kier molecular flexibility index (Phi) is 8.50. The van der Waals surface area contributed by atoms with E-state index in [1.165, 1.54) is 0 Å². The minimum Gasteiger partial charge on any atom is -0.413 e. The highest BCUT2D eigenvalue weighted by atomic mass is 19.4. The molecule has 188 valence electrons. The third-order valence-corrected chi connectivity index (χ3v) is 5.69. The van der Waals surface area contributed by atoms with Crippen molar-refractivity contribution in [1.29, 1.82) is 0 Å². The van der Waals surface area contributed by atoms with Gasteiger partial charge in [0.1, 0.15) is 0 Å². The van der Waals surface area contributed by atoms with E-state index in [4.69, 9.17) is 4.42 Å². The number of carbonyl (C=O) groups is 1. The van der Waals surface area contributed by atoms with Gasteiger partial charge in [0.25, 0.3) is 0 Å². The van der Waals surface area contributed by atoms with Crippen LogP contribution >= 0.6 is 0 Å². The molecule has 0 saturated carbocycles. The second kappa shape index (κ2) is 11.4. The Labute approximate surface area is 203 Å². The lowest BCUT2D eigenvalue weighted by Crippen LogP contribution is -2.53. The van der Waals surface area contributed by atoms with Crippen LogP contribution in [-0.2, 0) is 12.7 Å². The quantitative estimate of drug-likeness (QED) is 0.491. The maximum atomic E-state index is 13.4. The summed E-state index contributed by atoms with van der Waals surface area (Å²) in [5, 5.41) is 6.54. The summed E-state index contributed by atoms with van der Waals surface area (Å²) < 4.78 is 43.0. The first-order valence-corrected chi connectivity index (χ1v) is 11.4. The van der Waals surface area contributed by atoms with E-state index in [1.807, 2.05) is 30.1 Å². The molecule has 7 nitrogen and oxygen atoms in total.